The average Bonchev–Trinajstić information content (AvgIpc) is 2.94. The van der Waals surface area contributed by atoms with Crippen molar-refractivity contribution < 1.29 is 0 Å². The molecule has 96 valence electrons. The van der Waals surface area contributed by atoms with Crippen molar-refractivity contribution in [3.05, 3.63) is 5.82 Å². The van der Waals surface area contributed by atoms with E-state index in [0.29, 0.717) is 0 Å². The predicted molar refractivity (Wildman–Crippen MR) is 66.6 cm³/mol. The summed E-state index contributed by atoms with van der Waals surface area (Å²) >= 11 is 0. The molecule has 1 saturated carbocycles. The fourth-order valence-electron chi connectivity index (χ4n) is 2.65. The molecular formula is C12H23N5. The molecule has 1 unspecified atom stereocenters. The monoisotopic (exact) mass is 237 g/mol. The topological polar surface area (TPSA) is 55.6 Å². The minimum atomic E-state index is 0.126. The molecule has 17 heavy (non-hydrogen) atoms. The van der Waals surface area contributed by atoms with Crippen LogP contribution in [0.4, 0.5) is 0 Å². The van der Waals surface area contributed by atoms with E-state index >= 15 is 0 Å². The molecule has 0 amide bonds. The van der Waals surface area contributed by atoms with Gasteiger partial charge in [0.1, 0.15) is 0 Å². The quantitative estimate of drug-likeness (QED) is 0.851. The van der Waals surface area contributed by atoms with Gasteiger partial charge in [0.25, 0.3) is 0 Å². The lowest BCUT2D eigenvalue weighted by Crippen LogP contribution is -2.33. The molecule has 0 aliphatic heterocycles. The number of aromatic nitrogens is 4. The first kappa shape index (κ1) is 12.5. The summed E-state index contributed by atoms with van der Waals surface area (Å²) in [6.07, 6.45) is 6.07. The average molecular weight is 237 g/mol. The molecule has 1 N–H and O–H groups in total. The minimum absolute atomic E-state index is 0.126. The Morgan fingerprint density at radius 3 is 2.76 bits per heavy atom. The molecule has 5 nitrogen and oxygen atoms in total. The summed E-state index contributed by atoms with van der Waals surface area (Å²) < 4.78 is 2.05. The number of rotatable bonds is 5. The molecular weight excluding hydrogens is 214 g/mol. The van der Waals surface area contributed by atoms with Crippen LogP contribution >= 0.6 is 0 Å². The van der Waals surface area contributed by atoms with Gasteiger partial charge in [-0.15, -0.1) is 5.10 Å². The lowest BCUT2D eigenvalue weighted by molar-refractivity contribution is 0.271. The van der Waals surface area contributed by atoms with Crippen LogP contribution in [0.25, 0.3) is 0 Å². The lowest BCUT2D eigenvalue weighted by atomic mass is 10.0. The van der Waals surface area contributed by atoms with Crippen molar-refractivity contribution in [2.75, 3.05) is 6.54 Å². The third kappa shape index (κ3) is 2.49. The second kappa shape index (κ2) is 5.12. The zero-order valence-corrected chi connectivity index (χ0v) is 11.1. The Morgan fingerprint density at radius 2 is 2.12 bits per heavy atom. The van der Waals surface area contributed by atoms with E-state index in [4.69, 9.17) is 0 Å². The van der Waals surface area contributed by atoms with Crippen molar-refractivity contribution >= 4 is 0 Å². The standard InChI is InChI=1S/C12H23N5/c1-4-9-13-10(2)11-14-15-16-17(11)12(3)7-5-6-8-12/h10,13H,4-9H2,1-3H3. The van der Waals surface area contributed by atoms with E-state index in [-0.39, 0.29) is 11.6 Å². The van der Waals surface area contributed by atoms with Crippen molar-refractivity contribution in [1.82, 2.24) is 25.5 Å². The molecule has 1 aromatic heterocycles. The Morgan fingerprint density at radius 1 is 1.41 bits per heavy atom. The van der Waals surface area contributed by atoms with Gasteiger partial charge in [0.05, 0.1) is 11.6 Å². The molecule has 0 bridgehead atoms. The molecule has 0 aromatic carbocycles. The molecule has 0 radical (unpaired) electrons. The molecule has 1 aliphatic carbocycles. The Kier molecular flexibility index (Phi) is 3.76. The van der Waals surface area contributed by atoms with E-state index in [2.05, 4.69) is 41.6 Å². The van der Waals surface area contributed by atoms with Crippen LogP contribution in [-0.4, -0.2) is 26.8 Å². The van der Waals surface area contributed by atoms with E-state index < -0.39 is 0 Å². The van der Waals surface area contributed by atoms with Crippen LogP contribution in [0, 0.1) is 0 Å². The van der Waals surface area contributed by atoms with Crippen molar-refractivity contribution in [2.45, 2.75) is 64.5 Å². The zero-order valence-electron chi connectivity index (χ0n) is 11.1. The second-order valence-corrected chi connectivity index (χ2v) is 5.33. The van der Waals surface area contributed by atoms with Crippen molar-refractivity contribution in [2.24, 2.45) is 0 Å². The van der Waals surface area contributed by atoms with Crippen LogP contribution in [0.2, 0.25) is 0 Å². The summed E-state index contributed by atoms with van der Waals surface area (Å²) in [7, 11) is 0. The number of nitrogens with zero attached hydrogens (tertiary/aromatic N) is 4. The maximum absolute atomic E-state index is 4.21. The molecule has 1 aromatic rings. The summed E-state index contributed by atoms with van der Waals surface area (Å²) in [4.78, 5) is 0. The Balaban J connectivity index is 2.16. The first-order valence-corrected chi connectivity index (χ1v) is 6.69. The van der Waals surface area contributed by atoms with Gasteiger partial charge < -0.3 is 5.32 Å². The van der Waals surface area contributed by atoms with Gasteiger partial charge in [0.2, 0.25) is 0 Å². The van der Waals surface area contributed by atoms with E-state index in [1.807, 2.05) is 4.68 Å². The van der Waals surface area contributed by atoms with Gasteiger partial charge in [-0.3, -0.25) is 0 Å². The van der Waals surface area contributed by atoms with E-state index in [1.54, 1.807) is 0 Å². The second-order valence-electron chi connectivity index (χ2n) is 5.33. The third-order valence-electron chi connectivity index (χ3n) is 3.77. The first-order valence-electron chi connectivity index (χ1n) is 6.69. The van der Waals surface area contributed by atoms with Gasteiger partial charge in [-0.1, -0.05) is 19.8 Å². The summed E-state index contributed by atoms with van der Waals surface area (Å²) in [6.45, 7) is 7.58. The van der Waals surface area contributed by atoms with E-state index in [0.717, 1.165) is 18.8 Å². The fraction of sp³-hybridized carbons (Fsp3) is 0.917. The van der Waals surface area contributed by atoms with Gasteiger partial charge in [0.15, 0.2) is 5.82 Å². The van der Waals surface area contributed by atoms with Crippen LogP contribution in [0.1, 0.15) is 64.7 Å². The highest BCUT2D eigenvalue weighted by Gasteiger charge is 2.34. The van der Waals surface area contributed by atoms with Gasteiger partial charge in [-0.25, -0.2) is 4.68 Å². The third-order valence-corrected chi connectivity index (χ3v) is 3.77. The first-order chi connectivity index (χ1) is 8.17. The van der Waals surface area contributed by atoms with Gasteiger partial charge in [-0.05, 0) is 50.1 Å². The smallest absolute Gasteiger partial charge is 0.168 e. The predicted octanol–water partition coefficient (Wildman–Crippen LogP) is 2.02. The maximum Gasteiger partial charge on any atom is 0.168 e. The molecule has 0 saturated heterocycles. The van der Waals surface area contributed by atoms with Crippen LogP contribution in [0.3, 0.4) is 0 Å². The largest absolute Gasteiger partial charge is 0.307 e. The van der Waals surface area contributed by atoms with Crippen LogP contribution in [-0.2, 0) is 5.54 Å². The zero-order chi connectivity index (χ0) is 12.3. The Bertz CT molecular complexity index is 354. The van der Waals surface area contributed by atoms with Crippen LogP contribution in [0.15, 0.2) is 0 Å². The van der Waals surface area contributed by atoms with Gasteiger partial charge in [-0.2, -0.15) is 0 Å². The minimum Gasteiger partial charge on any atom is -0.307 e. The molecule has 0 spiro atoms. The molecule has 2 rings (SSSR count). The molecule has 1 aliphatic rings. The number of tetrazole rings is 1. The normalized spacial score (nSPS) is 20.6. The highest BCUT2D eigenvalue weighted by Crippen LogP contribution is 2.36. The maximum atomic E-state index is 4.21. The summed E-state index contributed by atoms with van der Waals surface area (Å²) in [5.74, 6) is 0.975. The SMILES string of the molecule is CCCNC(C)c1nnnn1C1(C)CCCC1. The summed E-state index contributed by atoms with van der Waals surface area (Å²) in [6, 6.07) is 0.224. The van der Waals surface area contributed by atoms with Gasteiger partial charge in [0, 0.05) is 0 Å². The van der Waals surface area contributed by atoms with Crippen LogP contribution < -0.4 is 5.32 Å². The summed E-state index contributed by atoms with van der Waals surface area (Å²) in [5, 5.41) is 15.7. The Hall–Kier alpha value is -0.970. The molecule has 1 heterocycles. The highest BCUT2D eigenvalue weighted by molar-refractivity contribution is 4.97. The molecule has 1 atom stereocenters. The Labute approximate surface area is 103 Å². The number of nitrogens with one attached hydrogen (secondary N) is 1. The highest BCUT2D eigenvalue weighted by atomic mass is 15.6. The van der Waals surface area contributed by atoms with Crippen molar-refractivity contribution in [3.63, 3.8) is 0 Å². The van der Waals surface area contributed by atoms with Crippen LogP contribution in [0.5, 0.6) is 0 Å². The van der Waals surface area contributed by atoms with E-state index in [1.165, 1.54) is 25.7 Å². The fourth-order valence-corrected chi connectivity index (χ4v) is 2.65. The molecule has 5 heteroatoms. The number of hydrogen-bond acceptors (Lipinski definition) is 4. The molecule has 1 fully saturated rings. The van der Waals surface area contributed by atoms with Gasteiger partial charge >= 0.3 is 0 Å². The van der Waals surface area contributed by atoms with Crippen molar-refractivity contribution in [3.8, 4) is 0 Å². The summed E-state index contributed by atoms with van der Waals surface area (Å²) in [5.41, 5.74) is 0.126. The lowest BCUT2D eigenvalue weighted by Gasteiger charge is -2.26. The number of hydrogen-bond donors (Lipinski definition) is 1. The van der Waals surface area contributed by atoms with Crippen molar-refractivity contribution in [1.29, 1.82) is 0 Å². The van der Waals surface area contributed by atoms with E-state index in [9.17, 15) is 0 Å².